The van der Waals surface area contributed by atoms with Crippen molar-refractivity contribution in [3.05, 3.63) is 58.1 Å². The summed E-state index contributed by atoms with van der Waals surface area (Å²) in [6.45, 7) is 9.40. The van der Waals surface area contributed by atoms with Crippen molar-refractivity contribution in [3.63, 3.8) is 0 Å². The lowest BCUT2D eigenvalue weighted by atomic mass is 9.84. The maximum atomic E-state index is 6.34. The normalized spacial score (nSPS) is 12.2. The number of hydrogen-bond acceptors (Lipinski definition) is 2. The van der Waals surface area contributed by atoms with Crippen LogP contribution in [-0.4, -0.2) is 6.54 Å². The molecule has 0 saturated heterocycles. The van der Waals surface area contributed by atoms with E-state index in [9.17, 15) is 0 Å². The minimum absolute atomic E-state index is 0.343. The zero-order valence-corrected chi connectivity index (χ0v) is 15.3. The molecule has 2 rings (SSSR count). The molecule has 0 spiro atoms. The Bertz CT molecular complexity index is 680. The number of rotatable bonds is 6. The molecular formula is C20H27ClN2. The molecule has 1 unspecified atom stereocenters. The fraction of sp³-hybridized carbons (Fsp3) is 0.400. The van der Waals surface area contributed by atoms with E-state index >= 15 is 0 Å². The first kappa shape index (κ1) is 17.7. The number of halogens is 1. The molecule has 0 bridgehead atoms. The molecule has 3 N–H and O–H groups in total. The van der Waals surface area contributed by atoms with Gasteiger partial charge in [-0.2, -0.15) is 0 Å². The quantitative estimate of drug-likeness (QED) is 0.534. The topological polar surface area (TPSA) is 38.0 Å². The second-order valence-corrected chi connectivity index (χ2v) is 6.32. The van der Waals surface area contributed by atoms with Crippen molar-refractivity contribution in [1.82, 2.24) is 0 Å². The van der Waals surface area contributed by atoms with Gasteiger partial charge in [-0.25, -0.2) is 0 Å². The summed E-state index contributed by atoms with van der Waals surface area (Å²) in [5.74, 6) is 0.895. The lowest BCUT2D eigenvalue weighted by molar-refractivity contribution is 0.770. The third-order valence-electron chi connectivity index (χ3n) is 4.63. The lowest BCUT2D eigenvalue weighted by Gasteiger charge is -2.22. The molecule has 0 heterocycles. The highest BCUT2D eigenvalue weighted by molar-refractivity contribution is 6.17. The van der Waals surface area contributed by atoms with Crippen LogP contribution in [0.5, 0.6) is 0 Å². The van der Waals surface area contributed by atoms with Gasteiger partial charge in [-0.1, -0.05) is 31.2 Å². The van der Waals surface area contributed by atoms with Gasteiger partial charge in [-0.3, -0.25) is 0 Å². The summed E-state index contributed by atoms with van der Waals surface area (Å²) >= 11 is 6.08. The summed E-state index contributed by atoms with van der Waals surface area (Å²) in [5, 5.41) is 3.32. The first-order valence-electron chi connectivity index (χ1n) is 8.31. The lowest BCUT2D eigenvalue weighted by Crippen LogP contribution is -2.08. The van der Waals surface area contributed by atoms with Gasteiger partial charge in [-0.05, 0) is 61.1 Å². The number of alkyl halides is 1. The monoisotopic (exact) mass is 330 g/mol. The number of nitrogens with two attached hydrogens (primary N) is 1. The fourth-order valence-electron chi connectivity index (χ4n) is 3.15. The van der Waals surface area contributed by atoms with Crippen LogP contribution in [0.15, 0.2) is 30.3 Å². The predicted molar refractivity (Wildman–Crippen MR) is 103 cm³/mol. The largest absolute Gasteiger partial charge is 0.397 e. The Kier molecular flexibility index (Phi) is 5.95. The summed E-state index contributed by atoms with van der Waals surface area (Å²) < 4.78 is 0. The van der Waals surface area contributed by atoms with Gasteiger partial charge < -0.3 is 11.1 Å². The molecule has 0 fully saturated rings. The average Bonchev–Trinajstić information content (AvgIpc) is 2.56. The van der Waals surface area contributed by atoms with Crippen molar-refractivity contribution in [1.29, 1.82) is 0 Å². The van der Waals surface area contributed by atoms with Crippen molar-refractivity contribution in [2.45, 2.75) is 45.9 Å². The Morgan fingerprint density at radius 2 is 1.87 bits per heavy atom. The minimum atomic E-state index is 0.343. The number of anilines is 2. The molecule has 0 radical (unpaired) electrons. The molecule has 2 aromatic rings. The molecule has 0 aliphatic rings. The van der Waals surface area contributed by atoms with Crippen LogP contribution in [0.4, 0.5) is 11.4 Å². The number of nitrogen functional groups attached to an aromatic ring is 1. The van der Waals surface area contributed by atoms with Crippen LogP contribution in [-0.2, 0) is 5.88 Å². The van der Waals surface area contributed by atoms with Crippen molar-refractivity contribution < 1.29 is 0 Å². The Hall–Kier alpha value is -1.67. The molecule has 0 saturated carbocycles. The summed E-state index contributed by atoms with van der Waals surface area (Å²) in [5.41, 5.74) is 14.5. The highest BCUT2D eigenvalue weighted by atomic mass is 35.5. The van der Waals surface area contributed by atoms with Gasteiger partial charge in [0.15, 0.2) is 0 Å². The summed E-state index contributed by atoms with van der Waals surface area (Å²) in [6.07, 6.45) is 1.03. The van der Waals surface area contributed by atoms with E-state index in [0.717, 1.165) is 24.3 Å². The summed E-state index contributed by atoms with van der Waals surface area (Å²) in [4.78, 5) is 0. The zero-order valence-electron chi connectivity index (χ0n) is 14.5. The molecule has 2 aromatic carbocycles. The smallest absolute Gasteiger partial charge is 0.0582 e. The van der Waals surface area contributed by atoms with E-state index in [-0.39, 0.29) is 0 Å². The van der Waals surface area contributed by atoms with Crippen LogP contribution in [0.2, 0.25) is 0 Å². The van der Waals surface area contributed by atoms with Crippen molar-refractivity contribution in [3.8, 4) is 0 Å². The standard InChI is InChI=1S/C20H27ClN2/c1-5-17(15-8-7-13(3)16(11-15)12-21)18-9-10-19(23-6-2)20(22)14(18)4/h7-11,17,23H,5-6,12,22H2,1-4H3. The van der Waals surface area contributed by atoms with Gasteiger partial charge >= 0.3 is 0 Å². The molecule has 2 nitrogen and oxygen atoms in total. The van der Waals surface area contributed by atoms with Crippen molar-refractivity contribution in [2.75, 3.05) is 17.6 Å². The van der Waals surface area contributed by atoms with Gasteiger partial charge in [0.1, 0.15) is 0 Å². The van der Waals surface area contributed by atoms with Crippen molar-refractivity contribution in [2.24, 2.45) is 0 Å². The number of benzene rings is 2. The highest BCUT2D eigenvalue weighted by Gasteiger charge is 2.17. The van der Waals surface area contributed by atoms with Gasteiger partial charge in [-0.15, -0.1) is 11.6 Å². The average molecular weight is 331 g/mol. The molecule has 0 aromatic heterocycles. The minimum Gasteiger partial charge on any atom is -0.397 e. The van der Waals surface area contributed by atoms with E-state index in [2.05, 4.69) is 63.3 Å². The van der Waals surface area contributed by atoms with E-state index in [4.69, 9.17) is 17.3 Å². The Morgan fingerprint density at radius 3 is 2.48 bits per heavy atom. The summed E-state index contributed by atoms with van der Waals surface area (Å²) in [6, 6.07) is 10.9. The van der Waals surface area contributed by atoms with Gasteiger partial charge in [0.2, 0.25) is 0 Å². The maximum absolute atomic E-state index is 6.34. The Balaban J connectivity index is 2.47. The van der Waals surface area contributed by atoms with Gasteiger partial charge in [0, 0.05) is 18.3 Å². The van der Waals surface area contributed by atoms with E-state index in [1.165, 1.54) is 27.8 Å². The summed E-state index contributed by atoms with van der Waals surface area (Å²) in [7, 11) is 0. The zero-order chi connectivity index (χ0) is 17.0. The number of hydrogen-bond donors (Lipinski definition) is 2. The molecule has 0 aliphatic carbocycles. The van der Waals surface area contributed by atoms with E-state index in [0.29, 0.717) is 11.8 Å². The van der Waals surface area contributed by atoms with Crippen LogP contribution in [0.3, 0.4) is 0 Å². The van der Waals surface area contributed by atoms with Crippen LogP contribution >= 0.6 is 11.6 Å². The molecule has 0 aliphatic heterocycles. The molecule has 1 atom stereocenters. The van der Waals surface area contributed by atoms with Gasteiger partial charge in [0.25, 0.3) is 0 Å². The van der Waals surface area contributed by atoms with E-state index < -0.39 is 0 Å². The number of aryl methyl sites for hydroxylation is 1. The van der Waals surface area contributed by atoms with Crippen LogP contribution < -0.4 is 11.1 Å². The maximum Gasteiger partial charge on any atom is 0.0582 e. The van der Waals surface area contributed by atoms with Crippen LogP contribution in [0.1, 0.15) is 54.0 Å². The van der Waals surface area contributed by atoms with E-state index in [1.807, 2.05) is 0 Å². The first-order valence-corrected chi connectivity index (χ1v) is 8.85. The third-order valence-corrected chi connectivity index (χ3v) is 4.92. The predicted octanol–water partition coefficient (Wildman–Crippen LogP) is 5.60. The fourth-order valence-corrected chi connectivity index (χ4v) is 3.44. The SMILES string of the molecule is CCNc1ccc(C(CC)c2ccc(C)c(CCl)c2)c(C)c1N. The molecule has 23 heavy (non-hydrogen) atoms. The van der Waals surface area contributed by atoms with Crippen molar-refractivity contribution >= 4 is 23.0 Å². The van der Waals surface area contributed by atoms with Gasteiger partial charge in [0.05, 0.1) is 11.4 Å². The van der Waals surface area contributed by atoms with Crippen LogP contribution in [0.25, 0.3) is 0 Å². The molecule has 3 heteroatoms. The number of nitrogens with one attached hydrogen (secondary N) is 1. The second-order valence-electron chi connectivity index (χ2n) is 6.05. The second kappa shape index (κ2) is 7.74. The Labute approximate surface area is 145 Å². The Morgan fingerprint density at radius 1 is 1.13 bits per heavy atom. The molecule has 124 valence electrons. The first-order chi connectivity index (χ1) is 11.0. The van der Waals surface area contributed by atoms with E-state index in [1.54, 1.807) is 0 Å². The molecular weight excluding hydrogens is 304 g/mol. The molecule has 0 amide bonds. The third kappa shape index (κ3) is 3.64. The highest BCUT2D eigenvalue weighted by Crippen LogP contribution is 2.36. The van der Waals surface area contributed by atoms with Crippen LogP contribution in [0, 0.1) is 13.8 Å².